The van der Waals surface area contributed by atoms with Crippen LogP contribution in [0, 0.1) is 0 Å². The van der Waals surface area contributed by atoms with E-state index in [0.717, 1.165) is 11.1 Å². The molecular formula is C23H26O3. The molecule has 0 fully saturated rings. The van der Waals surface area contributed by atoms with Crippen molar-refractivity contribution in [2.24, 2.45) is 0 Å². The van der Waals surface area contributed by atoms with Crippen LogP contribution < -0.4 is 0 Å². The molecule has 0 heterocycles. The number of hydrogen-bond donors (Lipinski definition) is 2. The maximum atomic E-state index is 11.7. The normalized spacial score (nSPS) is 12.8. The number of benzene rings is 2. The second-order valence-corrected chi connectivity index (χ2v) is 6.84. The lowest BCUT2D eigenvalue weighted by Gasteiger charge is -2.28. The van der Waals surface area contributed by atoms with E-state index in [4.69, 9.17) is 0 Å². The van der Waals surface area contributed by atoms with Gasteiger partial charge in [-0.1, -0.05) is 85.0 Å². The molecular weight excluding hydrogens is 324 g/mol. The van der Waals surface area contributed by atoms with E-state index in [2.05, 4.69) is 0 Å². The zero-order chi connectivity index (χ0) is 19.0. The average Bonchev–Trinajstić information content (AvgIpc) is 2.64. The molecule has 2 aromatic rings. The first-order chi connectivity index (χ1) is 12.3. The molecule has 0 bridgehead atoms. The topological polar surface area (TPSA) is 57.5 Å². The highest BCUT2D eigenvalue weighted by Gasteiger charge is 2.29. The van der Waals surface area contributed by atoms with Gasteiger partial charge in [-0.15, -0.1) is 0 Å². The van der Waals surface area contributed by atoms with E-state index in [1.807, 2.05) is 72.8 Å². The van der Waals surface area contributed by atoms with Crippen molar-refractivity contribution in [1.29, 1.82) is 0 Å². The monoisotopic (exact) mass is 350 g/mol. The minimum absolute atomic E-state index is 0.176. The number of Topliss-reactive ketones (excluding diaryl/α,β-unsaturated/α-hetero) is 1. The molecule has 0 aromatic heterocycles. The molecule has 0 amide bonds. The molecule has 26 heavy (non-hydrogen) atoms. The second kappa shape index (κ2) is 8.75. The molecule has 2 rings (SSSR count). The van der Waals surface area contributed by atoms with Crippen LogP contribution in [0.15, 0.2) is 85.0 Å². The molecule has 0 aliphatic heterocycles. The Hall–Kier alpha value is -2.49. The van der Waals surface area contributed by atoms with E-state index in [1.165, 1.54) is 13.8 Å². The zero-order valence-electron chi connectivity index (χ0n) is 15.3. The van der Waals surface area contributed by atoms with Crippen LogP contribution in [0.25, 0.3) is 0 Å². The number of hydrogen-bond acceptors (Lipinski definition) is 3. The Balaban J connectivity index is 2.10. The first-order valence-corrected chi connectivity index (χ1v) is 8.75. The van der Waals surface area contributed by atoms with Gasteiger partial charge in [0.25, 0.3) is 0 Å². The van der Waals surface area contributed by atoms with Gasteiger partial charge in [-0.3, -0.25) is 4.79 Å². The Morgan fingerprint density at radius 1 is 0.846 bits per heavy atom. The molecule has 3 nitrogen and oxygen atoms in total. The van der Waals surface area contributed by atoms with E-state index in [1.54, 1.807) is 12.2 Å². The van der Waals surface area contributed by atoms with Crippen LogP contribution in [0.3, 0.4) is 0 Å². The molecule has 0 aliphatic rings. The largest absolute Gasteiger partial charge is 0.383 e. The molecule has 3 heteroatoms. The molecule has 0 spiro atoms. The summed E-state index contributed by atoms with van der Waals surface area (Å²) in [6.45, 7) is 2.97. The number of carbonyl (C=O) groups is 1. The Morgan fingerprint density at radius 3 is 1.77 bits per heavy atom. The lowest BCUT2D eigenvalue weighted by Crippen LogP contribution is -2.30. The summed E-state index contributed by atoms with van der Waals surface area (Å²) < 4.78 is 0. The summed E-state index contributed by atoms with van der Waals surface area (Å²) in [5, 5.41) is 21.0. The number of rotatable bonds is 8. The molecule has 0 saturated carbocycles. The van der Waals surface area contributed by atoms with Crippen molar-refractivity contribution in [2.75, 3.05) is 0 Å². The summed E-state index contributed by atoms with van der Waals surface area (Å²) in [5.74, 6) is -0.229. The smallest absolute Gasteiger partial charge is 0.167 e. The van der Waals surface area contributed by atoms with Gasteiger partial charge in [0.2, 0.25) is 0 Å². The van der Waals surface area contributed by atoms with Crippen LogP contribution in [0.4, 0.5) is 0 Å². The summed E-state index contributed by atoms with van der Waals surface area (Å²) in [6.07, 6.45) is 7.75. The lowest BCUT2D eigenvalue weighted by atomic mass is 9.83. The van der Waals surface area contributed by atoms with E-state index in [-0.39, 0.29) is 12.2 Å². The Labute approximate surface area is 155 Å². The highest BCUT2D eigenvalue weighted by molar-refractivity contribution is 5.87. The van der Waals surface area contributed by atoms with Crippen molar-refractivity contribution in [3.8, 4) is 0 Å². The van der Waals surface area contributed by atoms with Crippen molar-refractivity contribution in [3.05, 3.63) is 96.1 Å². The van der Waals surface area contributed by atoms with Gasteiger partial charge in [-0.2, -0.15) is 0 Å². The van der Waals surface area contributed by atoms with Crippen LogP contribution in [0.5, 0.6) is 0 Å². The molecule has 0 aliphatic carbocycles. The van der Waals surface area contributed by atoms with Crippen LogP contribution in [0.2, 0.25) is 0 Å². The predicted molar refractivity (Wildman–Crippen MR) is 105 cm³/mol. The van der Waals surface area contributed by atoms with Crippen molar-refractivity contribution in [3.63, 3.8) is 0 Å². The first kappa shape index (κ1) is 19.8. The standard InChI is InChI=1S/C23H26O3/c1-22(2,25)21(24)17-11-3-4-12-18-23(26,19-13-7-5-8-14-19)20-15-9-6-10-16-20/h3-16,25-26H,17-18H2,1-2H3/b11-3+,12-4+. The first-order valence-electron chi connectivity index (χ1n) is 8.75. The molecule has 136 valence electrons. The Morgan fingerprint density at radius 2 is 1.31 bits per heavy atom. The molecule has 0 atom stereocenters. The summed E-state index contributed by atoms with van der Waals surface area (Å²) in [4.78, 5) is 11.7. The zero-order valence-corrected chi connectivity index (χ0v) is 15.3. The van der Waals surface area contributed by atoms with Crippen molar-refractivity contribution >= 4 is 5.78 Å². The molecule has 0 unspecified atom stereocenters. The highest BCUT2D eigenvalue weighted by atomic mass is 16.3. The highest BCUT2D eigenvalue weighted by Crippen LogP contribution is 2.33. The van der Waals surface area contributed by atoms with Crippen molar-refractivity contribution in [1.82, 2.24) is 0 Å². The lowest BCUT2D eigenvalue weighted by molar-refractivity contribution is -0.133. The summed E-state index contributed by atoms with van der Waals surface area (Å²) in [5.41, 5.74) is -0.765. The quantitative estimate of drug-likeness (QED) is 0.703. The Bertz CT molecular complexity index is 714. The third kappa shape index (κ3) is 5.25. The van der Waals surface area contributed by atoms with E-state index in [9.17, 15) is 15.0 Å². The average molecular weight is 350 g/mol. The summed E-state index contributed by atoms with van der Waals surface area (Å²) in [7, 11) is 0. The molecule has 0 radical (unpaired) electrons. The maximum absolute atomic E-state index is 11.7. The van der Waals surface area contributed by atoms with E-state index < -0.39 is 11.2 Å². The molecule has 2 N–H and O–H groups in total. The fourth-order valence-electron chi connectivity index (χ4n) is 2.65. The SMILES string of the molecule is CC(C)(O)C(=O)C/C=C/C=C/CC(O)(c1ccccc1)c1ccccc1. The summed E-state index contributed by atoms with van der Waals surface area (Å²) in [6, 6.07) is 19.2. The minimum Gasteiger partial charge on any atom is -0.383 e. The van der Waals surface area contributed by atoms with Gasteiger partial charge in [-0.05, 0) is 25.0 Å². The van der Waals surface area contributed by atoms with Crippen molar-refractivity contribution in [2.45, 2.75) is 37.9 Å². The summed E-state index contributed by atoms with van der Waals surface area (Å²) >= 11 is 0. The number of carbonyl (C=O) groups excluding carboxylic acids is 1. The van der Waals surface area contributed by atoms with Gasteiger partial charge in [-0.25, -0.2) is 0 Å². The third-order valence-corrected chi connectivity index (χ3v) is 4.28. The second-order valence-electron chi connectivity index (χ2n) is 6.84. The number of allylic oxidation sites excluding steroid dienone is 3. The van der Waals surface area contributed by atoms with Gasteiger partial charge < -0.3 is 10.2 Å². The van der Waals surface area contributed by atoms with Gasteiger partial charge in [0.1, 0.15) is 11.2 Å². The third-order valence-electron chi connectivity index (χ3n) is 4.28. The van der Waals surface area contributed by atoms with Crippen LogP contribution in [0.1, 0.15) is 37.8 Å². The fraction of sp³-hybridized carbons (Fsp3) is 0.261. The van der Waals surface area contributed by atoms with E-state index >= 15 is 0 Å². The molecule has 2 aromatic carbocycles. The van der Waals surface area contributed by atoms with Crippen LogP contribution >= 0.6 is 0 Å². The number of ketones is 1. The van der Waals surface area contributed by atoms with Gasteiger partial charge in [0.15, 0.2) is 5.78 Å². The Kier molecular flexibility index (Phi) is 6.67. The van der Waals surface area contributed by atoms with Gasteiger partial charge >= 0.3 is 0 Å². The number of aliphatic hydroxyl groups is 2. The van der Waals surface area contributed by atoms with E-state index in [0.29, 0.717) is 6.42 Å². The van der Waals surface area contributed by atoms with Crippen LogP contribution in [-0.4, -0.2) is 21.6 Å². The fourth-order valence-corrected chi connectivity index (χ4v) is 2.65. The van der Waals surface area contributed by atoms with Gasteiger partial charge in [0.05, 0.1) is 0 Å². The maximum Gasteiger partial charge on any atom is 0.167 e. The predicted octanol–water partition coefficient (Wildman–Crippen LogP) is 4.16. The minimum atomic E-state index is -1.31. The van der Waals surface area contributed by atoms with Gasteiger partial charge in [0, 0.05) is 12.8 Å². The van der Waals surface area contributed by atoms with Crippen molar-refractivity contribution < 1.29 is 15.0 Å². The molecule has 0 saturated heterocycles. The van der Waals surface area contributed by atoms with Crippen LogP contribution in [-0.2, 0) is 10.4 Å².